The van der Waals surface area contributed by atoms with Gasteiger partial charge in [0, 0.05) is 19.3 Å². The molecule has 0 saturated heterocycles. The van der Waals surface area contributed by atoms with Gasteiger partial charge in [-0.1, -0.05) is 219 Å². The molecule has 6 nitrogen and oxygen atoms in total. The number of esters is 3. The quantitative estimate of drug-likeness (QED) is 0.0199. The van der Waals surface area contributed by atoms with Gasteiger partial charge >= 0.3 is 17.9 Å². The SMILES string of the molecule is CC\C=C/C=C\C=C/C=C\CCCCCCCC(=O)OC(COC(=O)CCCCC/C=C\C/C=C\C/C=C\C/C=C\C/C=C\CC)COC(=O)CCCCCCCCC/C=C\CCCCCC. The first-order valence-corrected chi connectivity index (χ1v) is 27.1. The summed E-state index contributed by atoms with van der Waals surface area (Å²) in [6.45, 7) is 6.31. The molecule has 0 heterocycles. The van der Waals surface area contributed by atoms with Crippen molar-refractivity contribution in [3.05, 3.63) is 122 Å². The van der Waals surface area contributed by atoms with E-state index in [9.17, 15) is 14.4 Å². The topological polar surface area (TPSA) is 78.9 Å². The summed E-state index contributed by atoms with van der Waals surface area (Å²) in [7, 11) is 0. The molecule has 0 aromatic carbocycles. The smallest absolute Gasteiger partial charge is 0.306 e. The fraction of sp³-hybridized carbons (Fsp3) is 0.623. The molecule has 0 saturated carbocycles. The van der Waals surface area contributed by atoms with Gasteiger partial charge in [0.05, 0.1) is 0 Å². The number of ether oxygens (including phenoxy) is 3. The second kappa shape index (κ2) is 54.4. The van der Waals surface area contributed by atoms with E-state index in [0.717, 1.165) is 122 Å². The van der Waals surface area contributed by atoms with Crippen molar-refractivity contribution in [2.75, 3.05) is 13.2 Å². The van der Waals surface area contributed by atoms with Crippen LogP contribution in [-0.4, -0.2) is 37.2 Å². The molecule has 0 bridgehead atoms. The second-order valence-corrected chi connectivity index (χ2v) is 17.5. The van der Waals surface area contributed by atoms with Crippen molar-refractivity contribution in [1.29, 1.82) is 0 Å². The Bertz CT molecular complexity index is 1440. The maximum Gasteiger partial charge on any atom is 0.306 e. The van der Waals surface area contributed by atoms with Crippen LogP contribution in [-0.2, 0) is 28.6 Å². The van der Waals surface area contributed by atoms with Crippen LogP contribution in [0.3, 0.4) is 0 Å². The van der Waals surface area contributed by atoms with E-state index in [-0.39, 0.29) is 37.5 Å². The molecule has 0 fully saturated rings. The third kappa shape index (κ3) is 52.6. The summed E-state index contributed by atoms with van der Waals surface area (Å²) < 4.78 is 16.8. The normalized spacial score (nSPS) is 13.1. The summed E-state index contributed by atoms with van der Waals surface area (Å²) in [6.07, 6.45) is 74.6. The number of hydrogen-bond donors (Lipinski definition) is 0. The van der Waals surface area contributed by atoms with Crippen molar-refractivity contribution in [1.82, 2.24) is 0 Å². The molecule has 0 aromatic heterocycles. The third-order valence-electron chi connectivity index (χ3n) is 11.0. The summed E-state index contributed by atoms with van der Waals surface area (Å²) in [5.74, 6) is -0.970. The minimum Gasteiger partial charge on any atom is -0.462 e. The van der Waals surface area contributed by atoms with Crippen LogP contribution in [0.4, 0.5) is 0 Å². The maximum atomic E-state index is 12.8. The van der Waals surface area contributed by atoms with Crippen LogP contribution in [0.2, 0.25) is 0 Å². The number of carbonyl (C=O) groups is 3. The van der Waals surface area contributed by atoms with Crippen molar-refractivity contribution in [3.63, 3.8) is 0 Å². The predicted octanol–water partition coefficient (Wildman–Crippen LogP) is 18.1. The molecule has 0 aliphatic carbocycles. The minimum atomic E-state index is -0.809. The van der Waals surface area contributed by atoms with Crippen LogP contribution >= 0.6 is 0 Å². The van der Waals surface area contributed by atoms with Gasteiger partial charge in [0.1, 0.15) is 13.2 Å². The van der Waals surface area contributed by atoms with E-state index < -0.39 is 6.10 Å². The average Bonchev–Trinajstić information content (AvgIpc) is 3.33. The molecule has 0 rings (SSSR count). The molecule has 6 heteroatoms. The molecule has 0 aromatic rings. The standard InChI is InChI=1S/C61H98O6/c1-4-7-10-13-16-19-22-25-28-29-30-31-34-36-39-42-45-48-51-54-60(63)66-57-58(67-61(64)55-52-49-46-43-40-37-33-27-24-21-18-15-12-9-6-3)56-65-59(62)53-50-47-44-41-38-35-32-26-23-20-17-14-11-8-5-2/h7,9-10,12,15-16,18-21,23-25,27-28,30-31,33,36,39,58H,4-6,8,11,13-14,17,22,26,29,32,34-35,37-38,40-57H2,1-3H3/b10-7-,12-9-,18-15-,19-16-,23-20-,24-21-,28-25-,31-30-,33-27-,39-36-. The van der Waals surface area contributed by atoms with Gasteiger partial charge in [-0.2, -0.15) is 0 Å². The first-order chi connectivity index (χ1) is 33.0. The van der Waals surface area contributed by atoms with E-state index in [1.807, 2.05) is 24.3 Å². The summed E-state index contributed by atoms with van der Waals surface area (Å²) in [4.78, 5) is 38.1. The zero-order chi connectivity index (χ0) is 48.6. The van der Waals surface area contributed by atoms with Gasteiger partial charge in [0.2, 0.25) is 0 Å². The van der Waals surface area contributed by atoms with E-state index in [2.05, 4.69) is 118 Å². The zero-order valence-electron chi connectivity index (χ0n) is 43.1. The highest BCUT2D eigenvalue weighted by atomic mass is 16.6. The molecule has 0 aliphatic heterocycles. The Kier molecular flexibility index (Phi) is 51.0. The van der Waals surface area contributed by atoms with Gasteiger partial charge in [-0.15, -0.1) is 0 Å². The lowest BCUT2D eigenvalue weighted by molar-refractivity contribution is -0.167. The van der Waals surface area contributed by atoms with Crippen LogP contribution in [0.15, 0.2) is 122 Å². The number of allylic oxidation sites excluding steroid dienone is 20. The Balaban J connectivity index is 4.51. The van der Waals surface area contributed by atoms with E-state index in [4.69, 9.17) is 14.2 Å². The lowest BCUT2D eigenvalue weighted by Gasteiger charge is -2.18. The van der Waals surface area contributed by atoms with Crippen molar-refractivity contribution in [2.24, 2.45) is 0 Å². The molecule has 0 amide bonds. The van der Waals surface area contributed by atoms with E-state index in [1.54, 1.807) is 0 Å². The van der Waals surface area contributed by atoms with Crippen LogP contribution in [0.5, 0.6) is 0 Å². The lowest BCUT2D eigenvalue weighted by Crippen LogP contribution is -2.30. The third-order valence-corrected chi connectivity index (χ3v) is 11.0. The first-order valence-electron chi connectivity index (χ1n) is 27.1. The van der Waals surface area contributed by atoms with Gasteiger partial charge in [-0.3, -0.25) is 14.4 Å². The Morgan fingerprint density at radius 1 is 0.328 bits per heavy atom. The zero-order valence-corrected chi connectivity index (χ0v) is 43.1. The van der Waals surface area contributed by atoms with Crippen molar-refractivity contribution in [2.45, 2.75) is 232 Å². The molecule has 67 heavy (non-hydrogen) atoms. The lowest BCUT2D eigenvalue weighted by atomic mass is 10.1. The Labute approximate surface area is 412 Å². The number of unbranched alkanes of at least 4 members (excludes halogenated alkanes) is 19. The highest BCUT2D eigenvalue weighted by Crippen LogP contribution is 2.13. The minimum absolute atomic E-state index is 0.104. The van der Waals surface area contributed by atoms with Gasteiger partial charge in [-0.05, 0) is 109 Å². The summed E-state index contributed by atoms with van der Waals surface area (Å²) in [5, 5.41) is 0. The Hall–Kier alpha value is -4.19. The van der Waals surface area contributed by atoms with Crippen molar-refractivity contribution >= 4 is 17.9 Å². The highest BCUT2D eigenvalue weighted by Gasteiger charge is 2.19. The molecular formula is C61H98O6. The monoisotopic (exact) mass is 927 g/mol. The molecular weight excluding hydrogens is 829 g/mol. The van der Waals surface area contributed by atoms with Crippen LogP contribution in [0, 0.1) is 0 Å². The van der Waals surface area contributed by atoms with Crippen molar-refractivity contribution in [3.8, 4) is 0 Å². The maximum absolute atomic E-state index is 12.8. The molecule has 1 atom stereocenters. The van der Waals surface area contributed by atoms with Crippen LogP contribution in [0.25, 0.3) is 0 Å². The van der Waals surface area contributed by atoms with E-state index in [1.165, 1.54) is 64.2 Å². The van der Waals surface area contributed by atoms with Crippen LogP contribution in [0.1, 0.15) is 226 Å². The molecule has 1 unspecified atom stereocenters. The summed E-state index contributed by atoms with van der Waals surface area (Å²) >= 11 is 0. The van der Waals surface area contributed by atoms with Gasteiger partial charge in [-0.25, -0.2) is 0 Å². The Morgan fingerprint density at radius 3 is 1.12 bits per heavy atom. The van der Waals surface area contributed by atoms with Gasteiger partial charge in [0.15, 0.2) is 6.10 Å². The largest absolute Gasteiger partial charge is 0.462 e. The molecule has 0 N–H and O–H groups in total. The number of carbonyl (C=O) groups excluding carboxylic acids is 3. The Morgan fingerprint density at radius 2 is 0.657 bits per heavy atom. The predicted molar refractivity (Wildman–Crippen MR) is 288 cm³/mol. The van der Waals surface area contributed by atoms with Crippen LogP contribution < -0.4 is 0 Å². The average molecular weight is 927 g/mol. The van der Waals surface area contributed by atoms with Gasteiger partial charge < -0.3 is 14.2 Å². The second-order valence-electron chi connectivity index (χ2n) is 17.5. The molecule has 0 spiro atoms. The van der Waals surface area contributed by atoms with E-state index >= 15 is 0 Å². The summed E-state index contributed by atoms with van der Waals surface area (Å²) in [5.41, 5.74) is 0. The molecule has 0 radical (unpaired) electrons. The fourth-order valence-electron chi connectivity index (χ4n) is 7.00. The summed E-state index contributed by atoms with van der Waals surface area (Å²) in [6, 6.07) is 0. The first kappa shape index (κ1) is 62.8. The molecule has 0 aliphatic rings. The number of hydrogen-bond acceptors (Lipinski definition) is 6. The van der Waals surface area contributed by atoms with Gasteiger partial charge in [0.25, 0.3) is 0 Å². The molecule has 378 valence electrons. The van der Waals surface area contributed by atoms with Crippen molar-refractivity contribution < 1.29 is 28.6 Å². The fourth-order valence-corrected chi connectivity index (χ4v) is 7.00. The number of rotatable bonds is 47. The van der Waals surface area contributed by atoms with E-state index in [0.29, 0.717) is 12.8 Å². The highest BCUT2D eigenvalue weighted by molar-refractivity contribution is 5.71.